The van der Waals surface area contributed by atoms with Crippen LogP contribution in [0.1, 0.15) is 10.5 Å². The molecule has 0 saturated heterocycles. The highest BCUT2D eigenvalue weighted by Gasteiger charge is 2.07. The summed E-state index contributed by atoms with van der Waals surface area (Å²) < 4.78 is 0. The number of hydrogen-bond acceptors (Lipinski definition) is 3. The number of benzene rings is 1. The Morgan fingerprint density at radius 1 is 1.05 bits per heavy atom. The summed E-state index contributed by atoms with van der Waals surface area (Å²) in [6, 6.07) is 11.0. The first-order valence-corrected chi connectivity index (χ1v) is 6.07. The molecular weight excluding hydrogens is 280 g/mol. The maximum Gasteiger partial charge on any atom is 0.337 e. The van der Waals surface area contributed by atoms with Crippen molar-refractivity contribution in [1.29, 1.82) is 0 Å². The van der Waals surface area contributed by atoms with Crippen molar-refractivity contribution >= 4 is 29.2 Å². The van der Waals surface area contributed by atoms with Crippen molar-refractivity contribution in [3.63, 3.8) is 0 Å². The van der Waals surface area contributed by atoms with E-state index in [9.17, 15) is 9.59 Å². The number of aromatic nitrogens is 1. The normalized spacial score (nSPS) is 9.65. The molecule has 6 nitrogen and oxygen atoms in total. The number of pyridine rings is 1. The summed E-state index contributed by atoms with van der Waals surface area (Å²) in [4.78, 5) is 27.0. The molecule has 0 unspecified atom stereocenters. The highest BCUT2D eigenvalue weighted by molar-refractivity contribution is 6.30. The van der Waals surface area contributed by atoms with E-state index in [1.807, 2.05) is 0 Å². The van der Waals surface area contributed by atoms with Crippen LogP contribution in [0.4, 0.5) is 10.5 Å². The van der Waals surface area contributed by atoms with Crippen LogP contribution in [-0.4, -0.2) is 16.9 Å². The summed E-state index contributed by atoms with van der Waals surface area (Å²) in [5.74, 6) is -0.508. The predicted molar refractivity (Wildman–Crippen MR) is 75.3 cm³/mol. The number of carbonyl (C=O) groups is 2. The molecule has 0 aliphatic rings. The zero-order chi connectivity index (χ0) is 14.4. The van der Waals surface area contributed by atoms with Gasteiger partial charge < -0.3 is 5.32 Å². The van der Waals surface area contributed by atoms with Crippen molar-refractivity contribution in [1.82, 2.24) is 15.8 Å². The third-order valence-electron chi connectivity index (χ3n) is 2.27. The molecule has 2 rings (SSSR count). The molecule has 1 aromatic carbocycles. The van der Waals surface area contributed by atoms with Crippen molar-refractivity contribution in [3.8, 4) is 0 Å². The topological polar surface area (TPSA) is 83.1 Å². The number of nitrogens with one attached hydrogen (secondary N) is 3. The fourth-order valence-corrected chi connectivity index (χ4v) is 1.59. The van der Waals surface area contributed by atoms with Gasteiger partial charge in [-0.3, -0.25) is 15.2 Å². The first-order chi connectivity index (χ1) is 9.65. The van der Waals surface area contributed by atoms with E-state index in [1.54, 1.807) is 36.4 Å². The van der Waals surface area contributed by atoms with E-state index < -0.39 is 11.9 Å². The molecule has 1 heterocycles. The van der Waals surface area contributed by atoms with Crippen LogP contribution in [0.3, 0.4) is 0 Å². The Labute approximate surface area is 120 Å². The summed E-state index contributed by atoms with van der Waals surface area (Å²) >= 11 is 5.79. The zero-order valence-corrected chi connectivity index (χ0v) is 11.0. The van der Waals surface area contributed by atoms with Crippen molar-refractivity contribution in [2.24, 2.45) is 0 Å². The minimum Gasteiger partial charge on any atom is -0.307 e. The highest BCUT2D eigenvalue weighted by Crippen LogP contribution is 2.14. The van der Waals surface area contributed by atoms with E-state index in [2.05, 4.69) is 21.2 Å². The monoisotopic (exact) mass is 290 g/mol. The third kappa shape index (κ3) is 3.96. The number of hydrogen-bond donors (Lipinski definition) is 3. The Morgan fingerprint density at radius 3 is 2.60 bits per heavy atom. The van der Waals surface area contributed by atoms with Gasteiger partial charge in [0.2, 0.25) is 0 Å². The second-order valence-corrected chi connectivity index (χ2v) is 4.20. The molecule has 102 valence electrons. The van der Waals surface area contributed by atoms with Gasteiger partial charge in [-0.2, -0.15) is 0 Å². The minimum absolute atomic E-state index is 0.204. The summed E-state index contributed by atoms with van der Waals surface area (Å²) in [6.45, 7) is 0. The quantitative estimate of drug-likeness (QED) is 0.742. The number of amides is 3. The molecule has 1 aromatic heterocycles. The largest absolute Gasteiger partial charge is 0.337 e. The van der Waals surface area contributed by atoms with Crippen LogP contribution in [0.2, 0.25) is 5.02 Å². The smallest absolute Gasteiger partial charge is 0.307 e. The van der Waals surface area contributed by atoms with Crippen LogP contribution in [0.5, 0.6) is 0 Å². The van der Waals surface area contributed by atoms with Gasteiger partial charge in [0.15, 0.2) is 0 Å². The number of urea groups is 1. The molecule has 0 aliphatic carbocycles. The van der Waals surface area contributed by atoms with E-state index in [0.717, 1.165) is 0 Å². The summed E-state index contributed by atoms with van der Waals surface area (Å²) in [5.41, 5.74) is 5.17. The van der Waals surface area contributed by atoms with Crippen LogP contribution < -0.4 is 16.2 Å². The van der Waals surface area contributed by atoms with Crippen LogP contribution in [-0.2, 0) is 0 Å². The predicted octanol–water partition coefficient (Wildman–Crippen LogP) is 2.20. The molecule has 0 aliphatic heterocycles. The molecule has 0 spiro atoms. The molecule has 0 radical (unpaired) electrons. The second-order valence-electron chi connectivity index (χ2n) is 3.76. The van der Waals surface area contributed by atoms with Gasteiger partial charge in [0, 0.05) is 16.9 Å². The number of hydrazine groups is 1. The van der Waals surface area contributed by atoms with Gasteiger partial charge in [0.05, 0.1) is 0 Å². The maximum absolute atomic E-state index is 11.6. The molecule has 0 saturated carbocycles. The zero-order valence-electron chi connectivity index (χ0n) is 10.3. The van der Waals surface area contributed by atoms with E-state index in [0.29, 0.717) is 10.7 Å². The molecule has 20 heavy (non-hydrogen) atoms. The average Bonchev–Trinajstić information content (AvgIpc) is 2.46. The highest BCUT2D eigenvalue weighted by atomic mass is 35.5. The van der Waals surface area contributed by atoms with Crippen LogP contribution in [0.15, 0.2) is 48.7 Å². The number of rotatable bonds is 2. The summed E-state index contributed by atoms with van der Waals surface area (Å²) in [5, 5.41) is 3.02. The molecule has 3 amide bonds. The van der Waals surface area contributed by atoms with E-state index in [4.69, 9.17) is 11.6 Å². The third-order valence-corrected chi connectivity index (χ3v) is 2.50. The summed E-state index contributed by atoms with van der Waals surface area (Å²) in [7, 11) is 0. The molecule has 0 bridgehead atoms. The van der Waals surface area contributed by atoms with E-state index in [-0.39, 0.29) is 5.69 Å². The number of nitrogens with zero attached hydrogens (tertiary/aromatic N) is 1. The molecule has 7 heteroatoms. The Bertz CT molecular complexity index is 619. The summed E-state index contributed by atoms with van der Waals surface area (Å²) in [6.07, 6.45) is 1.49. The van der Waals surface area contributed by atoms with Crippen molar-refractivity contribution in [3.05, 3.63) is 59.4 Å². The van der Waals surface area contributed by atoms with Crippen molar-refractivity contribution < 1.29 is 9.59 Å². The fraction of sp³-hybridized carbons (Fsp3) is 0. The SMILES string of the molecule is O=C(NNC(=O)c1ccccn1)Nc1cccc(Cl)c1. The Morgan fingerprint density at radius 2 is 1.90 bits per heavy atom. The molecule has 0 atom stereocenters. The fourth-order valence-electron chi connectivity index (χ4n) is 1.40. The average molecular weight is 291 g/mol. The van der Waals surface area contributed by atoms with Crippen LogP contribution in [0, 0.1) is 0 Å². The van der Waals surface area contributed by atoms with Gasteiger partial charge in [-0.15, -0.1) is 0 Å². The van der Waals surface area contributed by atoms with Gasteiger partial charge in [0.25, 0.3) is 5.91 Å². The van der Waals surface area contributed by atoms with Gasteiger partial charge in [-0.1, -0.05) is 23.7 Å². The lowest BCUT2D eigenvalue weighted by molar-refractivity contribution is 0.0933. The molecular formula is C13H11ClN4O2. The lowest BCUT2D eigenvalue weighted by Gasteiger charge is -2.08. The first kappa shape index (κ1) is 13.8. The minimum atomic E-state index is -0.587. The number of halogens is 1. The Balaban J connectivity index is 1.85. The number of carbonyl (C=O) groups excluding carboxylic acids is 2. The molecule has 2 aromatic rings. The van der Waals surface area contributed by atoms with Crippen molar-refractivity contribution in [2.45, 2.75) is 0 Å². The van der Waals surface area contributed by atoms with E-state index >= 15 is 0 Å². The Kier molecular flexibility index (Phi) is 4.52. The number of anilines is 1. The van der Waals surface area contributed by atoms with Crippen LogP contribution in [0.25, 0.3) is 0 Å². The van der Waals surface area contributed by atoms with Crippen LogP contribution >= 0.6 is 11.6 Å². The first-order valence-electron chi connectivity index (χ1n) is 5.69. The van der Waals surface area contributed by atoms with Gasteiger partial charge in [0.1, 0.15) is 5.69 Å². The molecule has 3 N–H and O–H groups in total. The standard InChI is InChI=1S/C13H11ClN4O2/c14-9-4-3-5-10(8-9)16-13(20)18-17-12(19)11-6-1-2-7-15-11/h1-8H,(H,17,19)(H2,16,18,20). The molecule has 0 fully saturated rings. The van der Waals surface area contributed by atoms with Crippen molar-refractivity contribution in [2.75, 3.05) is 5.32 Å². The van der Waals surface area contributed by atoms with Gasteiger partial charge >= 0.3 is 6.03 Å². The van der Waals surface area contributed by atoms with Gasteiger partial charge in [-0.25, -0.2) is 10.2 Å². The lowest BCUT2D eigenvalue weighted by Crippen LogP contribution is -2.44. The second kappa shape index (κ2) is 6.53. The lowest BCUT2D eigenvalue weighted by atomic mass is 10.3. The Hall–Kier alpha value is -2.60. The van der Waals surface area contributed by atoms with E-state index in [1.165, 1.54) is 12.3 Å². The maximum atomic E-state index is 11.6. The van der Waals surface area contributed by atoms with Gasteiger partial charge in [-0.05, 0) is 30.3 Å².